The predicted molar refractivity (Wildman–Crippen MR) is 99.4 cm³/mol. The van der Waals surface area contributed by atoms with Gasteiger partial charge in [-0.3, -0.25) is 14.9 Å². The van der Waals surface area contributed by atoms with Gasteiger partial charge in [0.05, 0.1) is 31.6 Å². The van der Waals surface area contributed by atoms with Gasteiger partial charge >= 0.3 is 0 Å². The Morgan fingerprint density at radius 1 is 1.12 bits per heavy atom. The van der Waals surface area contributed by atoms with Crippen LogP contribution in [0.2, 0.25) is 0 Å². The second-order valence-electron chi connectivity index (χ2n) is 7.60. The molecular weight excluding hydrogens is 326 g/mol. The van der Waals surface area contributed by atoms with Crippen LogP contribution in [0, 0.1) is 5.41 Å². The van der Waals surface area contributed by atoms with E-state index in [0.29, 0.717) is 18.6 Å². The summed E-state index contributed by atoms with van der Waals surface area (Å²) in [4.78, 5) is 10.9. The summed E-state index contributed by atoms with van der Waals surface area (Å²) < 4.78 is 11.9. The fourth-order valence-electron chi connectivity index (χ4n) is 4.06. The van der Waals surface area contributed by atoms with Crippen molar-refractivity contribution in [3.63, 3.8) is 0 Å². The Labute approximate surface area is 155 Å². The standard InChI is InChI=1S/C21H27N3O2/c1-2-8-23-19(3-1)15-25-16-20-13-21(17-26-20)6-11-24(12-7-21)14-18-4-9-22-10-5-18/h1-5,8-10,20H,6-7,11-17H2. The van der Waals surface area contributed by atoms with Crippen molar-refractivity contribution in [3.05, 3.63) is 60.2 Å². The molecule has 4 heterocycles. The molecule has 2 aromatic rings. The number of rotatable bonds is 6. The first kappa shape index (κ1) is 17.6. The van der Waals surface area contributed by atoms with Crippen molar-refractivity contribution in [3.8, 4) is 0 Å². The Morgan fingerprint density at radius 3 is 2.73 bits per heavy atom. The maximum absolute atomic E-state index is 6.07. The Balaban J connectivity index is 1.20. The zero-order chi connectivity index (χ0) is 17.7. The molecule has 2 aliphatic heterocycles. The average molecular weight is 353 g/mol. The van der Waals surface area contributed by atoms with E-state index in [1.807, 2.05) is 30.6 Å². The van der Waals surface area contributed by atoms with Crippen LogP contribution in [0.4, 0.5) is 0 Å². The lowest BCUT2D eigenvalue weighted by atomic mass is 9.76. The van der Waals surface area contributed by atoms with Crippen LogP contribution in [-0.2, 0) is 22.6 Å². The summed E-state index contributed by atoms with van der Waals surface area (Å²) in [5.74, 6) is 0. The van der Waals surface area contributed by atoms with Crippen molar-refractivity contribution in [1.82, 2.24) is 14.9 Å². The third kappa shape index (κ3) is 4.47. The van der Waals surface area contributed by atoms with Crippen LogP contribution in [-0.4, -0.2) is 47.3 Å². The van der Waals surface area contributed by atoms with Crippen LogP contribution in [0.5, 0.6) is 0 Å². The topological polar surface area (TPSA) is 47.5 Å². The Morgan fingerprint density at radius 2 is 1.96 bits per heavy atom. The lowest BCUT2D eigenvalue weighted by molar-refractivity contribution is 0.00554. The Hall–Kier alpha value is -1.82. The molecule has 0 radical (unpaired) electrons. The first-order valence-electron chi connectivity index (χ1n) is 9.52. The van der Waals surface area contributed by atoms with E-state index in [1.54, 1.807) is 6.20 Å². The van der Waals surface area contributed by atoms with Gasteiger partial charge in [0.25, 0.3) is 0 Å². The fraction of sp³-hybridized carbons (Fsp3) is 0.524. The van der Waals surface area contributed by atoms with Gasteiger partial charge in [-0.25, -0.2) is 0 Å². The number of ether oxygens (including phenoxy) is 2. The molecule has 0 saturated carbocycles. The molecule has 138 valence electrons. The summed E-state index contributed by atoms with van der Waals surface area (Å²) in [7, 11) is 0. The van der Waals surface area contributed by atoms with Gasteiger partial charge < -0.3 is 9.47 Å². The summed E-state index contributed by atoms with van der Waals surface area (Å²) in [6, 6.07) is 10.1. The highest BCUT2D eigenvalue weighted by Crippen LogP contribution is 2.42. The minimum atomic E-state index is 0.227. The molecule has 1 spiro atoms. The molecule has 0 aromatic carbocycles. The van der Waals surface area contributed by atoms with Gasteiger partial charge in [-0.15, -0.1) is 0 Å². The number of hydrogen-bond acceptors (Lipinski definition) is 5. The normalized spacial score (nSPS) is 22.7. The molecule has 26 heavy (non-hydrogen) atoms. The highest BCUT2D eigenvalue weighted by Gasteiger charge is 2.42. The minimum Gasteiger partial charge on any atom is -0.375 e. The molecule has 0 bridgehead atoms. The molecule has 4 rings (SSSR count). The molecule has 2 fully saturated rings. The van der Waals surface area contributed by atoms with E-state index in [2.05, 4.69) is 27.0 Å². The van der Waals surface area contributed by atoms with Gasteiger partial charge in [-0.1, -0.05) is 6.07 Å². The molecule has 1 atom stereocenters. The van der Waals surface area contributed by atoms with Crippen molar-refractivity contribution < 1.29 is 9.47 Å². The summed E-state index contributed by atoms with van der Waals surface area (Å²) in [5, 5.41) is 0. The van der Waals surface area contributed by atoms with Crippen LogP contribution in [0.25, 0.3) is 0 Å². The van der Waals surface area contributed by atoms with Crippen molar-refractivity contribution in [2.45, 2.75) is 38.5 Å². The van der Waals surface area contributed by atoms with E-state index in [-0.39, 0.29) is 6.10 Å². The van der Waals surface area contributed by atoms with E-state index >= 15 is 0 Å². The number of likely N-dealkylation sites (tertiary alicyclic amines) is 1. The number of piperidine rings is 1. The van der Waals surface area contributed by atoms with E-state index in [9.17, 15) is 0 Å². The van der Waals surface area contributed by atoms with E-state index in [1.165, 1.54) is 18.4 Å². The third-order valence-corrected chi connectivity index (χ3v) is 5.64. The zero-order valence-electron chi connectivity index (χ0n) is 15.2. The van der Waals surface area contributed by atoms with Crippen LogP contribution in [0.15, 0.2) is 48.9 Å². The van der Waals surface area contributed by atoms with Crippen LogP contribution >= 0.6 is 0 Å². The van der Waals surface area contributed by atoms with Gasteiger partial charge in [-0.05, 0) is 67.6 Å². The zero-order valence-corrected chi connectivity index (χ0v) is 15.2. The second kappa shape index (κ2) is 8.25. The Kier molecular flexibility index (Phi) is 5.58. The smallest absolute Gasteiger partial charge is 0.0889 e. The SMILES string of the molecule is c1ccc(COCC2CC3(CCN(Cc4ccncc4)CC3)CO2)nc1. The maximum Gasteiger partial charge on any atom is 0.0889 e. The molecular formula is C21H27N3O2. The molecule has 2 saturated heterocycles. The lowest BCUT2D eigenvalue weighted by Gasteiger charge is -2.38. The monoisotopic (exact) mass is 353 g/mol. The Bertz CT molecular complexity index is 672. The highest BCUT2D eigenvalue weighted by molar-refractivity contribution is 5.09. The van der Waals surface area contributed by atoms with Gasteiger partial charge in [0, 0.05) is 25.1 Å². The molecule has 5 heteroatoms. The van der Waals surface area contributed by atoms with Crippen LogP contribution < -0.4 is 0 Å². The van der Waals surface area contributed by atoms with Crippen LogP contribution in [0.1, 0.15) is 30.5 Å². The molecule has 0 N–H and O–H groups in total. The number of aromatic nitrogens is 2. The molecule has 1 unspecified atom stereocenters. The van der Waals surface area contributed by atoms with E-state index in [4.69, 9.17) is 9.47 Å². The number of hydrogen-bond donors (Lipinski definition) is 0. The summed E-state index contributed by atoms with van der Waals surface area (Å²) in [6.45, 7) is 5.43. The van der Waals surface area contributed by atoms with Crippen molar-refractivity contribution in [2.24, 2.45) is 5.41 Å². The minimum absolute atomic E-state index is 0.227. The number of nitrogens with zero attached hydrogens (tertiary/aromatic N) is 3. The van der Waals surface area contributed by atoms with Crippen molar-refractivity contribution in [2.75, 3.05) is 26.3 Å². The molecule has 0 aliphatic carbocycles. The molecule has 2 aliphatic rings. The molecule has 2 aromatic heterocycles. The fourth-order valence-corrected chi connectivity index (χ4v) is 4.06. The largest absolute Gasteiger partial charge is 0.375 e. The maximum atomic E-state index is 6.07. The van der Waals surface area contributed by atoms with Gasteiger partial charge in [-0.2, -0.15) is 0 Å². The summed E-state index contributed by atoms with van der Waals surface area (Å²) in [5.41, 5.74) is 2.68. The average Bonchev–Trinajstić information content (AvgIpc) is 3.08. The third-order valence-electron chi connectivity index (χ3n) is 5.64. The van der Waals surface area contributed by atoms with Crippen molar-refractivity contribution >= 4 is 0 Å². The van der Waals surface area contributed by atoms with Gasteiger partial charge in [0.1, 0.15) is 0 Å². The van der Waals surface area contributed by atoms with E-state index < -0.39 is 0 Å². The second-order valence-corrected chi connectivity index (χ2v) is 7.60. The lowest BCUT2D eigenvalue weighted by Crippen LogP contribution is -2.40. The van der Waals surface area contributed by atoms with Gasteiger partial charge in [0.15, 0.2) is 0 Å². The quantitative estimate of drug-likeness (QED) is 0.799. The predicted octanol–water partition coefficient (Wildman–Crippen LogP) is 3.06. The first-order chi connectivity index (χ1) is 12.8. The summed E-state index contributed by atoms with van der Waals surface area (Å²) in [6.07, 6.45) is 9.34. The number of pyridine rings is 2. The molecule has 0 amide bonds. The van der Waals surface area contributed by atoms with Crippen molar-refractivity contribution in [1.29, 1.82) is 0 Å². The van der Waals surface area contributed by atoms with Gasteiger partial charge in [0.2, 0.25) is 0 Å². The highest BCUT2D eigenvalue weighted by atomic mass is 16.5. The first-order valence-corrected chi connectivity index (χ1v) is 9.52. The van der Waals surface area contributed by atoms with Crippen LogP contribution in [0.3, 0.4) is 0 Å². The summed E-state index contributed by atoms with van der Waals surface area (Å²) >= 11 is 0. The van der Waals surface area contributed by atoms with E-state index in [0.717, 1.165) is 38.4 Å². The molecule has 5 nitrogen and oxygen atoms in total.